The molecule has 0 heterocycles. The maximum atomic E-state index is 7.57. The maximum Gasteiger partial charge on any atom is 0.0402 e. The highest BCUT2D eigenvalue weighted by atomic mass is 16.2. The molecule has 0 amide bonds. The zero-order chi connectivity index (χ0) is 2.71. The zero-order valence-electron chi connectivity index (χ0n) is 3.86. The fourth-order valence-electron chi connectivity index (χ4n) is 0. The van der Waals surface area contributed by atoms with E-state index in [2.05, 4.69) is 0 Å². The first-order valence-electron chi connectivity index (χ1n) is 1.02. The summed E-state index contributed by atoms with van der Waals surface area (Å²) in [5.41, 5.74) is 0. The van der Waals surface area contributed by atoms with Crippen LogP contribution in [0.2, 0.25) is 0 Å². The number of rotatable bonds is 0. The Morgan fingerprint density at radius 2 is 1.33 bits per heavy atom. The van der Waals surface area contributed by atoms with E-state index in [0.717, 1.165) is 0 Å². The molecule has 0 aliphatic carbocycles. The van der Waals surface area contributed by atoms with Crippen molar-refractivity contribution in [1.29, 1.82) is 0 Å². The molecule has 0 saturated heterocycles. The van der Waals surface area contributed by atoms with Crippen LogP contribution in [0.3, 0.4) is 0 Å². The Morgan fingerprint density at radius 1 is 1.33 bits per heavy atom. The van der Waals surface area contributed by atoms with Crippen molar-refractivity contribution in [2.45, 2.75) is 6.92 Å². The fraction of sp³-hybridized carbons (Fsp3) is 1.00. The molecule has 0 spiro atoms. The monoisotopic (exact) mass is 99.1 g/mol. The number of hydrogen-bond acceptors (Lipinski definition) is 2. The lowest BCUT2D eigenvalue weighted by Gasteiger charge is -1.52. The van der Waals surface area contributed by atoms with Crippen molar-refractivity contribution < 1.29 is 16.1 Å². The van der Waals surface area contributed by atoms with Gasteiger partial charge in [-0.15, -0.1) is 0 Å². The molecule has 6 heavy (non-hydrogen) atoms. The molecule has 0 unspecified atom stereocenters. The van der Waals surface area contributed by atoms with Crippen LogP contribution in [0.1, 0.15) is 6.92 Å². The number of aliphatic hydroxyl groups is 1. The van der Waals surface area contributed by atoms with Gasteiger partial charge in [0.15, 0.2) is 0 Å². The highest BCUT2D eigenvalue weighted by molar-refractivity contribution is 3.84. The van der Waals surface area contributed by atoms with E-state index in [4.69, 9.17) is 5.11 Å². The van der Waals surface area contributed by atoms with Crippen LogP contribution >= 0.6 is 0 Å². The van der Waals surface area contributed by atoms with Gasteiger partial charge in [0, 0.05) is 6.61 Å². The third kappa shape index (κ3) is 1210. The Labute approximate surface area is 37.0 Å². The van der Waals surface area contributed by atoms with Crippen molar-refractivity contribution in [3.63, 3.8) is 0 Å². The SMILES string of the molecule is CCO.N.O.O. The van der Waals surface area contributed by atoms with Crippen LogP contribution in [0.15, 0.2) is 0 Å². The molecule has 0 bridgehead atoms. The minimum Gasteiger partial charge on any atom is -0.412 e. The molecule has 0 saturated carbocycles. The van der Waals surface area contributed by atoms with Gasteiger partial charge in [0.2, 0.25) is 0 Å². The van der Waals surface area contributed by atoms with Crippen LogP contribution in [0.5, 0.6) is 0 Å². The van der Waals surface area contributed by atoms with Gasteiger partial charge in [0.05, 0.1) is 0 Å². The summed E-state index contributed by atoms with van der Waals surface area (Å²) in [5.74, 6) is 0. The van der Waals surface area contributed by atoms with Gasteiger partial charge in [-0.3, -0.25) is 0 Å². The van der Waals surface area contributed by atoms with Crippen LogP contribution in [-0.4, -0.2) is 22.7 Å². The van der Waals surface area contributed by atoms with Crippen LogP contribution < -0.4 is 6.15 Å². The third-order valence-corrected chi connectivity index (χ3v) is 0. The van der Waals surface area contributed by atoms with E-state index < -0.39 is 0 Å². The quantitative estimate of drug-likeness (QED) is 0.384. The van der Waals surface area contributed by atoms with Gasteiger partial charge in [0.1, 0.15) is 0 Å². The Balaban J connectivity index is -0.00000000667. The summed E-state index contributed by atoms with van der Waals surface area (Å²) in [5, 5.41) is 7.57. The van der Waals surface area contributed by atoms with Crippen LogP contribution in [0, 0.1) is 0 Å². The molecule has 0 aromatic carbocycles. The van der Waals surface area contributed by atoms with Crippen molar-refractivity contribution in [3.05, 3.63) is 0 Å². The number of aliphatic hydroxyl groups excluding tert-OH is 1. The van der Waals surface area contributed by atoms with Gasteiger partial charge in [-0.2, -0.15) is 0 Å². The molecule has 4 nitrogen and oxygen atoms in total. The van der Waals surface area contributed by atoms with E-state index in [1.54, 1.807) is 6.92 Å². The molecule has 0 aliphatic heterocycles. The second kappa shape index (κ2) is 101. The molecule has 0 fully saturated rings. The molecular weight excluding hydrogens is 86.0 g/mol. The average Bonchev–Trinajstić information content (AvgIpc) is 0.918. The third-order valence-electron chi connectivity index (χ3n) is 0. The zero-order valence-corrected chi connectivity index (χ0v) is 3.86. The van der Waals surface area contributed by atoms with Gasteiger partial charge in [-0.05, 0) is 6.92 Å². The standard InChI is InChI=1S/C2H6O.H3N.2H2O/c1-2-3;;;/h3H,2H2,1H3;1H3;2*1H2. The van der Waals surface area contributed by atoms with Crippen molar-refractivity contribution >= 4 is 0 Å². The van der Waals surface area contributed by atoms with E-state index in [9.17, 15) is 0 Å². The van der Waals surface area contributed by atoms with Crippen molar-refractivity contribution in [1.82, 2.24) is 6.15 Å². The Morgan fingerprint density at radius 3 is 1.33 bits per heavy atom. The molecule has 44 valence electrons. The first kappa shape index (κ1) is 40.4. The lowest BCUT2D eigenvalue weighted by atomic mass is 10.9. The Hall–Kier alpha value is -0.160. The Bertz CT molecular complexity index is 8.75. The van der Waals surface area contributed by atoms with E-state index in [1.807, 2.05) is 0 Å². The van der Waals surface area contributed by atoms with Crippen molar-refractivity contribution in [2.24, 2.45) is 0 Å². The topological polar surface area (TPSA) is 118 Å². The summed E-state index contributed by atoms with van der Waals surface area (Å²) in [6.45, 7) is 1.93. The van der Waals surface area contributed by atoms with Crippen LogP contribution in [0.4, 0.5) is 0 Å². The maximum absolute atomic E-state index is 7.57. The van der Waals surface area contributed by atoms with Gasteiger partial charge < -0.3 is 22.2 Å². The highest BCUT2D eigenvalue weighted by Crippen LogP contribution is 1.30. The van der Waals surface area contributed by atoms with Crippen molar-refractivity contribution in [3.8, 4) is 0 Å². The van der Waals surface area contributed by atoms with Gasteiger partial charge in [-0.1, -0.05) is 0 Å². The molecular formula is C2H13NO3. The van der Waals surface area contributed by atoms with Gasteiger partial charge in [0.25, 0.3) is 0 Å². The molecule has 0 atom stereocenters. The molecule has 0 radical (unpaired) electrons. The summed E-state index contributed by atoms with van der Waals surface area (Å²) >= 11 is 0. The predicted molar refractivity (Wildman–Crippen MR) is 25.0 cm³/mol. The summed E-state index contributed by atoms with van der Waals surface area (Å²) in [4.78, 5) is 0. The molecule has 0 aromatic heterocycles. The molecule has 0 aliphatic rings. The minimum absolute atomic E-state index is 0. The molecule has 0 aromatic rings. The second-order valence-corrected chi connectivity index (χ2v) is 0.316. The Kier molecular flexibility index (Phi) is 681. The average molecular weight is 99.1 g/mol. The fourth-order valence-corrected chi connectivity index (χ4v) is 0. The second-order valence-electron chi connectivity index (χ2n) is 0.316. The van der Waals surface area contributed by atoms with Crippen LogP contribution in [-0.2, 0) is 0 Å². The molecule has 8 N–H and O–H groups in total. The van der Waals surface area contributed by atoms with Crippen molar-refractivity contribution in [2.75, 3.05) is 6.61 Å². The highest BCUT2D eigenvalue weighted by Gasteiger charge is 1.34. The van der Waals surface area contributed by atoms with Gasteiger partial charge >= 0.3 is 0 Å². The summed E-state index contributed by atoms with van der Waals surface area (Å²) in [7, 11) is 0. The van der Waals surface area contributed by atoms with E-state index in [1.165, 1.54) is 0 Å². The van der Waals surface area contributed by atoms with E-state index >= 15 is 0 Å². The smallest absolute Gasteiger partial charge is 0.0402 e. The summed E-state index contributed by atoms with van der Waals surface area (Å²) in [6.07, 6.45) is 0. The normalized spacial score (nSPS) is 3.00. The number of hydrogen-bond donors (Lipinski definition) is 2. The molecule has 0 rings (SSSR count). The largest absolute Gasteiger partial charge is 0.412 e. The summed E-state index contributed by atoms with van der Waals surface area (Å²) < 4.78 is 0. The summed E-state index contributed by atoms with van der Waals surface area (Å²) in [6, 6.07) is 0. The van der Waals surface area contributed by atoms with E-state index in [-0.39, 0.29) is 23.7 Å². The molecule has 4 heteroatoms. The first-order chi connectivity index (χ1) is 1.41. The van der Waals surface area contributed by atoms with Crippen LogP contribution in [0.25, 0.3) is 0 Å². The van der Waals surface area contributed by atoms with E-state index in [0.29, 0.717) is 0 Å². The predicted octanol–water partition coefficient (Wildman–Crippen LogP) is -1.49. The lowest BCUT2D eigenvalue weighted by molar-refractivity contribution is 0.318. The first-order valence-corrected chi connectivity index (χ1v) is 1.02. The van der Waals surface area contributed by atoms with Gasteiger partial charge in [-0.25, -0.2) is 0 Å². The lowest BCUT2D eigenvalue weighted by Crippen LogP contribution is -1.57. The minimum atomic E-state index is 0.